The Labute approximate surface area is 101 Å². The molecular formula is C11H20N2O4. The lowest BCUT2D eigenvalue weighted by molar-refractivity contribution is -0.132. The van der Waals surface area contributed by atoms with Gasteiger partial charge in [-0.15, -0.1) is 0 Å². The minimum atomic E-state index is -0.969. The number of urea groups is 1. The van der Waals surface area contributed by atoms with Crippen LogP contribution in [-0.2, 0) is 4.79 Å². The summed E-state index contributed by atoms with van der Waals surface area (Å²) < 4.78 is 0. The van der Waals surface area contributed by atoms with Crippen molar-refractivity contribution in [3.63, 3.8) is 0 Å². The van der Waals surface area contributed by atoms with Gasteiger partial charge in [0.2, 0.25) is 0 Å². The third-order valence-corrected chi connectivity index (χ3v) is 2.80. The molecule has 1 heterocycles. The summed E-state index contributed by atoms with van der Waals surface area (Å²) in [6.07, 6.45) is -1.46. The van der Waals surface area contributed by atoms with Crippen molar-refractivity contribution >= 4 is 11.9 Å². The largest absolute Gasteiger partial charge is 0.392 e. The summed E-state index contributed by atoms with van der Waals surface area (Å²) in [5, 5.41) is 18.6. The van der Waals surface area contributed by atoms with Gasteiger partial charge in [0, 0.05) is 6.54 Å². The van der Waals surface area contributed by atoms with Gasteiger partial charge in [0.1, 0.15) is 5.54 Å². The molecule has 1 aliphatic rings. The molecule has 1 saturated heterocycles. The minimum Gasteiger partial charge on any atom is -0.392 e. The number of hydrogen-bond acceptors (Lipinski definition) is 4. The Morgan fingerprint density at radius 1 is 1.12 bits per heavy atom. The molecule has 17 heavy (non-hydrogen) atoms. The fraction of sp³-hybridized carbons (Fsp3) is 0.818. The molecule has 98 valence electrons. The van der Waals surface area contributed by atoms with Crippen molar-refractivity contribution in [2.75, 3.05) is 13.1 Å². The summed E-state index contributed by atoms with van der Waals surface area (Å²) in [5.41, 5.74) is -0.969. The van der Waals surface area contributed by atoms with Crippen LogP contribution in [0.1, 0.15) is 27.7 Å². The second kappa shape index (κ2) is 4.62. The normalized spacial score (nSPS) is 23.2. The molecule has 6 nitrogen and oxygen atoms in total. The smallest absolute Gasteiger partial charge is 0.327 e. The predicted molar refractivity (Wildman–Crippen MR) is 61.3 cm³/mol. The maximum atomic E-state index is 12.0. The van der Waals surface area contributed by atoms with E-state index in [-0.39, 0.29) is 19.0 Å². The molecule has 0 aliphatic carbocycles. The van der Waals surface area contributed by atoms with E-state index < -0.39 is 23.8 Å². The van der Waals surface area contributed by atoms with E-state index in [9.17, 15) is 19.8 Å². The van der Waals surface area contributed by atoms with Crippen LogP contribution >= 0.6 is 0 Å². The molecular weight excluding hydrogens is 224 g/mol. The van der Waals surface area contributed by atoms with Gasteiger partial charge in [-0.3, -0.25) is 9.69 Å². The summed E-state index contributed by atoms with van der Waals surface area (Å²) in [6, 6.07) is -0.457. The number of nitrogens with zero attached hydrogens (tertiary/aromatic N) is 2. The third kappa shape index (κ3) is 2.58. The van der Waals surface area contributed by atoms with Crippen molar-refractivity contribution in [2.24, 2.45) is 0 Å². The first-order chi connectivity index (χ1) is 7.67. The van der Waals surface area contributed by atoms with Gasteiger partial charge in [-0.25, -0.2) is 4.79 Å². The Morgan fingerprint density at radius 3 is 2.00 bits per heavy atom. The van der Waals surface area contributed by atoms with E-state index in [1.54, 1.807) is 20.8 Å². The van der Waals surface area contributed by atoms with Gasteiger partial charge in [-0.05, 0) is 27.7 Å². The first-order valence-corrected chi connectivity index (χ1v) is 5.67. The SMILES string of the molecule is CC(O)CN1C(=O)N(CC(C)O)C(C)(C)C1=O. The number of β-amino-alcohol motifs (C(OH)–C–C–N with tert-alkyl or cyclic N) is 2. The zero-order valence-electron chi connectivity index (χ0n) is 10.7. The van der Waals surface area contributed by atoms with Gasteiger partial charge in [0.15, 0.2) is 0 Å². The van der Waals surface area contributed by atoms with Crippen LogP contribution in [0.5, 0.6) is 0 Å². The standard InChI is InChI=1S/C11H20N2O4/c1-7(14)5-12-9(16)11(3,4)13(10(12)17)6-8(2)15/h7-8,14-15H,5-6H2,1-4H3. The lowest BCUT2D eigenvalue weighted by Crippen LogP contribution is -2.47. The predicted octanol–water partition coefficient (Wildman–Crippen LogP) is -0.209. The minimum absolute atomic E-state index is 0.0165. The molecule has 1 aliphatic heterocycles. The van der Waals surface area contributed by atoms with Crippen molar-refractivity contribution < 1.29 is 19.8 Å². The molecule has 0 radical (unpaired) electrons. The molecule has 0 aromatic rings. The van der Waals surface area contributed by atoms with Crippen molar-refractivity contribution in [3.05, 3.63) is 0 Å². The summed E-state index contributed by atoms with van der Waals surface area (Å²) in [6.45, 7) is 6.44. The molecule has 0 spiro atoms. The number of carbonyl (C=O) groups excluding carboxylic acids is 2. The fourth-order valence-electron chi connectivity index (χ4n) is 1.91. The van der Waals surface area contributed by atoms with E-state index in [1.807, 2.05) is 0 Å². The Hall–Kier alpha value is -1.14. The van der Waals surface area contributed by atoms with Crippen LogP contribution in [0.15, 0.2) is 0 Å². The molecule has 0 aromatic carbocycles. The molecule has 0 saturated carbocycles. The van der Waals surface area contributed by atoms with Crippen LogP contribution in [0, 0.1) is 0 Å². The Bertz CT molecular complexity index is 325. The molecule has 6 heteroatoms. The molecule has 1 rings (SSSR count). The molecule has 0 aromatic heterocycles. The van der Waals surface area contributed by atoms with Crippen molar-refractivity contribution in [1.29, 1.82) is 0 Å². The van der Waals surface area contributed by atoms with Gasteiger partial charge in [0.25, 0.3) is 5.91 Å². The van der Waals surface area contributed by atoms with E-state index >= 15 is 0 Å². The van der Waals surface area contributed by atoms with Gasteiger partial charge >= 0.3 is 6.03 Å². The third-order valence-electron chi connectivity index (χ3n) is 2.80. The highest BCUT2D eigenvalue weighted by Crippen LogP contribution is 2.27. The van der Waals surface area contributed by atoms with E-state index in [0.717, 1.165) is 4.90 Å². The molecule has 2 atom stereocenters. The summed E-state index contributed by atoms with van der Waals surface area (Å²) in [5.74, 6) is -0.343. The number of aliphatic hydroxyl groups excluding tert-OH is 2. The van der Waals surface area contributed by atoms with E-state index in [0.29, 0.717) is 0 Å². The number of imide groups is 1. The lowest BCUT2D eigenvalue weighted by Gasteiger charge is -2.28. The lowest BCUT2D eigenvalue weighted by atomic mass is 10.0. The number of carbonyl (C=O) groups is 2. The Morgan fingerprint density at radius 2 is 1.59 bits per heavy atom. The zero-order valence-corrected chi connectivity index (χ0v) is 10.7. The second-order valence-corrected chi connectivity index (χ2v) is 5.07. The molecule has 1 fully saturated rings. The number of aliphatic hydroxyl groups is 2. The Kier molecular flexibility index (Phi) is 3.78. The van der Waals surface area contributed by atoms with Crippen LogP contribution < -0.4 is 0 Å². The number of hydrogen-bond donors (Lipinski definition) is 2. The van der Waals surface area contributed by atoms with Crippen molar-refractivity contribution in [2.45, 2.75) is 45.4 Å². The zero-order chi connectivity index (χ0) is 13.4. The van der Waals surface area contributed by atoms with Crippen LogP contribution in [0.2, 0.25) is 0 Å². The van der Waals surface area contributed by atoms with Crippen molar-refractivity contribution in [1.82, 2.24) is 9.80 Å². The van der Waals surface area contributed by atoms with Gasteiger partial charge < -0.3 is 15.1 Å². The average molecular weight is 244 g/mol. The monoisotopic (exact) mass is 244 g/mol. The highest BCUT2D eigenvalue weighted by atomic mass is 16.3. The van der Waals surface area contributed by atoms with Crippen LogP contribution in [0.25, 0.3) is 0 Å². The average Bonchev–Trinajstić information content (AvgIpc) is 2.31. The maximum Gasteiger partial charge on any atom is 0.327 e. The number of amides is 3. The maximum absolute atomic E-state index is 12.0. The second-order valence-electron chi connectivity index (χ2n) is 5.07. The fourth-order valence-corrected chi connectivity index (χ4v) is 1.91. The van der Waals surface area contributed by atoms with Crippen molar-refractivity contribution in [3.8, 4) is 0 Å². The van der Waals surface area contributed by atoms with Gasteiger partial charge in [-0.2, -0.15) is 0 Å². The highest BCUT2D eigenvalue weighted by molar-refractivity contribution is 6.06. The summed E-state index contributed by atoms with van der Waals surface area (Å²) >= 11 is 0. The molecule has 3 amide bonds. The highest BCUT2D eigenvalue weighted by Gasteiger charge is 2.51. The summed E-state index contributed by atoms with van der Waals surface area (Å²) in [7, 11) is 0. The van der Waals surface area contributed by atoms with Crippen LogP contribution in [-0.4, -0.2) is 62.8 Å². The summed E-state index contributed by atoms with van der Waals surface area (Å²) in [4.78, 5) is 26.4. The first-order valence-electron chi connectivity index (χ1n) is 5.67. The Balaban J connectivity index is 2.94. The quantitative estimate of drug-likeness (QED) is 0.671. The van der Waals surface area contributed by atoms with E-state index in [4.69, 9.17) is 0 Å². The van der Waals surface area contributed by atoms with Crippen LogP contribution in [0.4, 0.5) is 4.79 Å². The van der Waals surface area contributed by atoms with E-state index in [1.165, 1.54) is 11.8 Å². The van der Waals surface area contributed by atoms with E-state index in [2.05, 4.69) is 0 Å². The molecule has 2 N–H and O–H groups in total. The molecule has 0 bridgehead atoms. The first kappa shape index (κ1) is 13.9. The topological polar surface area (TPSA) is 81.1 Å². The van der Waals surface area contributed by atoms with Crippen LogP contribution in [0.3, 0.4) is 0 Å². The molecule has 2 unspecified atom stereocenters. The van der Waals surface area contributed by atoms with Gasteiger partial charge in [0.05, 0.1) is 18.8 Å². The van der Waals surface area contributed by atoms with Gasteiger partial charge in [-0.1, -0.05) is 0 Å². The number of rotatable bonds is 4.